The highest BCUT2D eigenvalue weighted by molar-refractivity contribution is 7.91. The number of sulfone groups is 1. The molecule has 0 radical (unpaired) electrons. The van der Waals surface area contributed by atoms with Gasteiger partial charge in [-0.1, -0.05) is 26.8 Å². The number of hydrogen-bond acceptors (Lipinski definition) is 5. The quantitative estimate of drug-likeness (QED) is 0.795. The van der Waals surface area contributed by atoms with Crippen molar-refractivity contribution in [2.45, 2.75) is 44.8 Å². The number of fused-ring (bicyclic) bond motifs is 1. The van der Waals surface area contributed by atoms with Crippen molar-refractivity contribution in [3.05, 3.63) is 58.9 Å². The summed E-state index contributed by atoms with van der Waals surface area (Å²) in [5, 5.41) is 6.32. The van der Waals surface area contributed by atoms with Crippen LogP contribution in [0, 0.1) is 5.92 Å². The highest BCUT2D eigenvalue weighted by Gasteiger charge is 2.25. The van der Waals surface area contributed by atoms with Gasteiger partial charge in [-0.25, -0.2) is 8.42 Å². The van der Waals surface area contributed by atoms with Crippen LogP contribution in [0.25, 0.3) is 0 Å². The van der Waals surface area contributed by atoms with Crippen LogP contribution >= 0.6 is 0 Å². The van der Waals surface area contributed by atoms with Gasteiger partial charge in [0.05, 0.1) is 22.9 Å². The van der Waals surface area contributed by atoms with Crippen molar-refractivity contribution in [1.82, 2.24) is 15.6 Å². The zero-order valence-electron chi connectivity index (χ0n) is 15.8. The van der Waals surface area contributed by atoms with Crippen molar-refractivity contribution < 1.29 is 13.2 Å². The number of nitrogens with one attached hydrogen (secondary N) is 2. The van der Waals surface area contributed by atoms with Gasteiger partial charge < -0.3 is 10.6 Å². The van der Waals surface area contributed by atoms with E-state index in [1.165, 1.54) is 17.8 Å². The number of benzene rings is 1. The SMILES string of the molecule is CCS(=O)(=O)c1ccc(CNC(=O)c2ccc3c(c2)CN[C@H]3C(C)C)nc1. The summed E-state index contributed by atoms with van der Waals surface area (Å²) < 4.78 is 23.6. The van der Waals surface area contributed by atoms with Crippen LogP contribution in [0.15, 0.2) is 41.4 Å². The number of nitrogens with zero attached hydrogens (tertiary/aromatic N) is 1. The molecule has 27 heavy (non-hydrogen) atoms. The normalized spacial score (nSPS) is 16.4. The van der Waals surface area contributed by atoms with E-state index >= 15 is 0 Å². The van der Waals surface area contributed by atoms with Crippen LogP contribution in [0.2, 0.25) is 0 Å². The maximum Gasteiger partial charge on any atom is 0.251 e. The Labute approximate surface area is 160 Å². The van der Waals surface area contributed by atoms with Crippen LogP contribution in [0.4, 0.5) is 0 Å². The van der Waals surface area contributed by atoms with Crippen molar-refractivity contribution in [2.24, 2.45) is 5.92 Å². The Morgan fingerprint density at radius 3 is 2.70 bits per heavy atom. The number of aromatic nitrogens is 1. The third-order valence-corrected chi connectivity index (χ3v) is 6.61. The van der Waals surface area contributed by atoms with Gasteiger partial charge in [0.2, 0.25) is 0 Å². The fourth-order valence-corrected chi connectivity index (χ4v) is 4.09. The van der Waals surface area contributed by atoms with Crippen molar-refractivity contribution in [3.8, 4) is 0 Å². The Morgan fingerprint density at radius 2 is 2.07 bits per heavy atom. The van der Waals surface area contributed by atoms with E-state index in [2.05, 4.69) is 29.5 Å². The Balaban J connectivity index is 1.65. The van der Waals surface area contributed by atoms with Crippen molar-refractivity contribution in [3.63, 3.8) is 0 Å². The summed E-state index contributed by atoms with van der Waals surface area (Å²) in [6.07, 6.45) is 1.34. The number of carbonyl (C=O) groups is 1. The first kappa shape index (κ1) is 19.5. The van der Waals surface area contributed by atoms with Gasteiger partial charge in [0.15, 0.2) is 9.84 Å². The molecule has 0 aliphatic carbocycles. The third kappa shape index (κ3) is 4.20. The van der Waals surface area contributed by atoms with E-state index in [0.717, 1.165) is 12.1 Å². The topological polar surface area (TPSA) is 88.2 Å². The summed E-state index contributed by atoms with van der Waals surface area (Å²) in [4.78, 5) is 16.8. The Bertz CT molecular complexity index is 937. The summed E-state index contributed by atoms with van der Waals surface area (Å²) in [5.41, 5.74) is 3.65. The fraction of sp³-hybridized carbons (Fsp3) is 0.400. The van der Waals surface area contributed by atoms with E-state index in [-0.39, 0.29) is 23.1 Å². The van der Waals surface area contributed by atoms with Gasteiger partial charge in [-0.15, -0.1) is 0 Å². The molecule has 1 aliphatic heterocycles. The number of carbonyl (C=O) groups excluding carboxylic acids is 1. The third-order valence-electron chi connectivity index (χ3n) is 4.89. The molecule has 144 valence electrons. The highest BCUT2D eigenvalue weighted by atomic mass is 32.2. The average Bonchev–Trinajstić information content (AvgIpc) is 3.10. The van der Waals surface area contributed by atoms with Crippen LogP contribution in [-0.4, -0.2) is 25.1 Å². The molecule has 0 unspecified atom stereocenters. The molecule has 0 saturated carbocycles. The molecule has 6 nitrogen and oxygen atoms in total. The van der Waals surface area contributed by atoms with Crippen molar-refractivity contribution in [1.29, 1.82) is 0 Å². The number of rotatable bonds is 6. The Hall–Kier alpha value is -2.25. The lowest BCUT2D eigenvalue weighted by Gasteiger charge is -2.16. The molecule has 0 spiro atoms. The van der Waals surface area contributed by atoms with E-state index in [1.54, 1.807) is 13.0 Å². The molecule has 1 atom stereocenters. The van der Waals surface area contributed by atoms with Crippen LogP contribution < -0.4 is 10.6 Å². The van der Waals surface area contributed by atoms with E-state index in [9.17, 15) is 13.2 Å². The zero-order valence-corrected chi connectivity index (χ0v) is 16.6. The molecule has 2 heterocycles. The lowest BCUT2D eigenvalue weighted by Crippen LogP contribution is -2.23. The van der Waals surface area contributed by atoms with Gasteiger partial charge in [-0.05, 0) is 41.3 Å². The molecular weight excluding hydrogens is 362 g/mol. The standard InChI is InChI=1S/C20H25N3O3S/c1-4-27(25,26)17-7-6-16(21-12-17)11-23-20(24)14-5-8-18-15(9-14)10-22-19(18)13(2)3/h5-9,12-13,19,22H,4,10-11H2,1-3H3,(H,23,24)/t19-/m0/s1. The highest BCUT2D eigenvalue weighted by Crippen LogP contribution is 2.31. The second-order valence-corrected chi connectivity index (χ2v) is 9.37. The minimum atomic E-state index is -3.26. The van der Waals surface area contributed by atoms with Crippen molar-refractivity contribution in [2.75, 3.05) is 5.75 Å². The molecule has 2 N–H and O–H groups in total. The predicted molar refractivity (Wildman–Crippen MR) is 104 cm³/mol. The van der Waals surface area contributed by atoms with E-state index in [0.29, 0.717) is 23.2 Å². The van der Waals surface area contributed by atoms with Crippen molar-refractivity contribution >= 4 is 15.7 Å². The second kappa shape index (κ2) is 7.78. The average molecular weight is 388 g/mol. The summed E-state index contributed by atoms with van der Waals surface area (Å²) in [7, 11) is -3.26. The molecule has 0 saturated heterocycles. The van der Waals surface area contributed by atoms with Crippen LogP contribution in [0.5, 0.6) is 0 Å². The smallest absolute Gasteiger partial charge is 0.251 e. The largest absolute Gasteiger partial charge is 0.346 e. The Kier molecular flexibility index (Phi) is 5.62. The summed E-state index contributed by atoms with van der Waals surface area (Å²) in [5.74, 6) is 0.365. The lowest BCUT2D eigenvalue weighted by molar-refractivity contribution is 0.0950. The molecular formula is C20H25N3O3S. The minimum absolute atomic E-state index is 0.0373. The van der Waals surface area contributed by atoms with Gasteiger partial charge >= 0.3 is 0 Å². The first-order valence-electron chi connectivity index (χ1n) is 9.14. The monoisotopic (exact) mass is 387 g/mol. The maximum absolute atomic E-state index is 12.5. The van der Waals surface area contributed by atoms with Crippen LogP contribution in [0.3, 0.4) is 0 Å². The number of hydrogen-bond donors (Lipinski definition) is 2. The first-order chi connectivity index (χ1) is 12.8. The minimum Gasteiger partial charge on any atom is -0.346 e. The summed E-state index contributed by atoms with van der Waals surface area (Å²) in [6.45, 7) is 6.97. The fourth-order valence-electron chi connectivity index (χ4n) is 3.27. The van der Waals surface area contributed by atoms with E-state index in [4.69, 9.17) is 0 Å². The van der Waals surface area contributed by atoms with Gasteiger partial charge in [-0.3, -0.25) is 9.78 Å². The van der Waals surface area contributed by atoms with Gasteiger partial charge in [0.25, 0.3) is 5.91 Å². The van der Waals surface area contributed by atoms with E-state index in [1.807, 2.05) is 18.2 Å². The van der Waals surface area contributed by atoms with Gasteiger partial charge in [-0.2, -0.15) is 0 Å². The summed E-state index contributed by atoms with van der Waals surface area (Å²) >= 11 is 0. The molecule has 0 bridgehead atoms. The molecule has 1 amide bonds. The molecule has 1 aromatic heterocycles. The molecule has 2 aromatic rings. The van der Waals surface area contributed by atoms with Crippen LogP contribution in [0.1, 0.15) is 54.0 Å². The molecule has 3 rings (SSSR count). The molecule has 1 aromatic carbocycles. The first-order valence-corrected chi connectivity index (χ1v) is 10.8. The lowest BCUT2D eigenvalue weighted by atomic mass is 9.95. The Morgan fingerprint density at radius 1 is 1.30 bits per heavy atom. The number of pyridine rings is 1. The van der Waals surface area contributed by atoms with Gasteiger partial charge in [0.1, 0.15) is 0 Å². The molecule has 0 fully saturated rings. The van der Waals surface area contributed by atoms with Crippen LogP contribution in [-0.2, 0) is 22.9 Å². The second-order valence-electron chi connectivity index (χ2n) is 7.09. The molecule has 7 heteroatoms. The van der Waals surface area contributed by atoms with E-state index < -0.39 is 9.84 Å². The summed E-state index contributed by atoms with van der Waals surface area (Å²) in [6, 6.07) is 9.30. The predicted octanol–water partition coefficient (Wildman–Crippen LogP) is 2.61. The number of amides is 1. The van der Waals surface area contributed by atoms with Gasteiger partial charge in [0, 0.05) is 24.3 Å². The maximum atomic E-state index is 12.5. The molecule has 1 aliphatic rings. The zero-order chi connectivity index (χ0) is 19.6.